The molecular formula is C15H16N2O3. The quantitative estimate of drug-likeness (QED) is 0.926. The Hall–Kier alpha value is -2.43. The molecular weight excluding hydrogens is 256 g/mol. The molecule has 5 heteroatoms. The van der Waals surface area contributed by atoms with E-state index in [9.17, 15) is 0 Å². The van der Waals surface area contributed by atoms with Gasteiger partial charge in [0.2, 0.25) is 5.88 Å². The average Bonchev–Trinajstić information content (AvgIpc) is 2.53. The first-order valence-corrected chi connectivity index (χ1v) is 6.49. The Bertz CT molecular complexity index is 601. The summed E-state index contributed by atoms with van der Waals surface area (Å²) in [6, 6.07) is 9.69. The van der Waals surface area contributed by atoms with Crippen molar-refractivity contribution >= 4 is 5.69 Å². The van der Waals surface area contributed by atoms with E-state index in [-0.39, 0.29) is 0 Å². The van der Waals surface area contributed by atoms with Gasteiger partial charge < -0.3 is 19.5 Å². The minimum Gasteiger partial charge on any atom is -0.486 e. The molecule has 0 radical (unpaired) electrons. The van der Waals surface area contributed by atoms with Gasteiger partial charge >= 0.3 is 0 Å². The van der Waals surface area contributed by atoms with Crippen LogP contribution in [0.25, 0.3) is 0 Å². The van der Waals surface area contributed by atoms with E-state index in [2.05, 4.69) is 10.3 Å². The van der Waals surface area contributed by atoms with Gasteiger partial charge in [0.05, 0.1) is 12.8 Å². The molecule has 0 fully saturated rings. The van der Waals surface area contributed by atoms with Crippen LogP contribution in [0.1, 0.15) is 5.56 Å². The Labute approximate surface area is 117 Å². The molecule has 2 aromatic rings. The zero-order chi connectivity index (χ0) is 13.8. The van der Waals surface area contributed by atoms with Gasteiger partial charge in [-0.3, -0.25) is 0 Å². The first kappa shape index (κ1) is 12.6. The van der Waals surface area contributed by atoms with Gasteiger partial charge in [0, 0.05) is 18.3 Å². The maximum atomic E-state index is 5.69. The highest BCUT2D eigenvalue weighted by Crippen LogP contribution is 2.34. The van der Waals surface area contributed by atoms with Crippen LogP contribution in [-0.4, -0.2) is 25.3 Å². The molecule has 0 unspecified atom stereocenters. The second-order valence-electron chi connectivity index (χ2n) is 4.36. The minimum atomic E-state index is 0.578. The first-order chi connectivity index (χ1) is 9.88. The van der Waals surface area contributed by atoms with Gasteiger partial charge in [0.1, 0.15) is 13.2 Å². The zero-order valence-electron chi connectivity index (χ0n) is 11.3. The summed E-state index contributed by atoms with van der Waals surface area (Å²) < 4.78 is 16.5. The molecule has 0 saturated heterocycles. The number of benzene rings is 1. The summed E-state index contributed by atoms with van der Waals surface area (Å²) in [4.78, 5) is 4.16. The number of methoxy groups -OCH3 is 1. The normalized spacial score (nSPS) is 12.8. The molecule has 0 saturated carbocycles. The lowest BCUT2D eigenvalue weighted by Gasteiger charge is -2.21. The predicted octanol–water partition coefficient (Wildman–Crippen LogP) is 2.47. The molecule has 3 rings (SSSR count). The number of aromatic nitrogens is 1. The van der Waals surface area contributed by atoms with Crippen molar-refractivity contribution in [1.29, 1.82) is 0 Å². The fourth-order valence-corrected chi connectivity index (χ4v) is 2.15. The number of para-hydroxylation sites is 1. The Morgan fingerprint density at radius 2 is 2.10 bits per heavy atom. The van der Waals surface area contributed by atoms with Gasteiger partial charge in [-0.05, 0) is 18.2 Å². The second-order valence-corrected chi connectivity index (χ2v) is 4.36. The Morgan fingerprint density at radius 1 is 1.20 bits per heavy atom. The third-order valence-electron chi connectivity index (χ3n) is 3.08. The highest BCUT2D eigenvalue weighted by atomic mass is 16.6. The number of pyridine rings is 1. The maximum Gasteiger partial charge on any atom is 0.237 e. The lowest BCUT2D eigenvalue weighted by molar-refractivity contribution is 0.170. The van der Waals surface area contributed by atoms with Gasteiger partial charge in [-0.25, -0.2) is 4.98 Å². The lowest BCUT2D eigenvalue weighted by atomic mass is 10.1. The smallest absolute Gasteiger partial charge is 0.237 e. The van der Waals surface area contributed by atoms with E-state index >= 15 is 0 Å². The monoisotopic (exact) mass is 272 g/mol. The van der Waals surface area contributed by atoms with Crippen molar-refractivity contribution in [1.82, 2.24) is 4.98 Å². The van der Waals surface area contributed by atoms with Gasteiger partial charge in [-0.15, -0.1) is 0 Å². The van der Waals surface area contributed by atoms with Gasteiger partial charge in [-0.2, -0.15) is 0 Å². The summed E-state index contributed by atoms with van der Waals surface area (Å²) in [5.74, 6) is 2.19. The van der Waals surface area contributed by atoms with Crippen LogP contribution in [0.2, 0.25) is 0 Å². The molecule has 1 N–H and O–H groups in total. The number of ether oxygens (including phenoxy) is 3. The molecule has 5 nitrogen and oxygen atoms in total. The molecule has 20 heavy (non-hydrogen) atoms. The number of rotatable bonds is 4. The number of hydrogen-bond acceptors (Lipinski definition) is 5. The molecule has 0 amide bonds. The van der Waals surface area contributed by atoms with E-state index in [0.717, 1.165) is 22.7 Å². The highest BCUT2D eigenvalue weighted by molar-refractivity contribution is 5.54. The van der Waals surface area contributed by atoms with Crippen LogP contribution >= 0.6 is 0 Å². The molecule has 0 atom stereocenters. The van der Waals surface area contributed by atoms with E-state index in [4.69, 9.17) is 14.2 Å². The third-order valence-corrected chi connectivity index (χ3v) is 3.08. The van der Waals surface area contributed by atoms with Crippen LogP contribution in [0, 0.1) is 0 Å². The summed E-state index contributed by atoms with van der Waals surface area (Å²) in [7, 11) is 1.61. The van der Waals surface area contributed by atoms with Crippen LogP contribution in [0.4, 0.5) is 5.69 Å². The van der Waals surface area contributed by atoms with E-state index in [1.165, 1.54) is 0 Å². The van der Waals surface area contributed by atoms with Crippen LogP contribution in [-0.2, 0) is 6.54 Å². The summed E-state index contributed by atoms with van der Waals surface area (Å²) in [6.45, 7) is 1.80. The van der Waals surface area contributed by atoms with Crippen LogP contribution in [0.3, 0.4) is 0 Å². The van der Waals surface area contributed by atoms with Crippen molar-refractivity contribution in [2.75, 3.05) is 25.6 Å². The number of nitrogens with one attached hydrogen (secondary N) is 1. The predicted molar refractivity (Wildman–Crippen MR) is 75.5 cm³/mol. The Morgan fingerprint density at radius 3 is 3.00 bits per heavy atom. The molecule has 0 spiro atoms. The minimum absolute atomic E-state index is 0.578. The van der Waals surface area contributed by atoms with E-state index < -0.39 is 0 Å². The SMILES string of the molecule is COc1ncccc1NCc1cccc2c1OCCO2. The molecule has 1 aliphatic rings. The number of nitrogens with zero attached hydrogens (tertiary/aromatic N) is 1. The number of hydrogen-bond donors (Lipinski definition) is 1. The molecule has 2 heterocycles. The van der Waals surface area contributed by atoms with E-state index in [1.54, 1.807) is 13.3 Å². The van der Waals surface area contributed by atoms with Gasteiger partial charge in [0.15, 0.2) is 11.5 Å². The Balaban J connectivity index is 1.79. The van der Waals surface area contributed by atoms with Crippen LogP contribution in [0.15, 0.2) is 36.5 Å². The molecule has 0 bridgehead atoms. The standard InChI is InChI=1S/C15H16N2O3/c1-18-15-12(5-3-7-16-15)17-10-11-4-2-6-13-14(11)20-9-8-19-13/h2-7,17H,8-10H2,1H3. The summed E-state index contributed by atoms with van der Waals surface area (Å²) in [5, 5.41) is 3.31. The average molecular weight is 272 g/mol. The summed E-state index contributed by atoms with van der Waals surface area (Å²) >= 11 is 0. The lowest BCUT2D eigenvalue weighted by Crippen LogP contribution is -2.17. The van der Waals surface area contributed by atoms with Crippen LogP contribution < -0.4 is 19.5 Å². The second kappa shape index (κ2) is 5.69. The van der Waals surface area contributed by atoms with Crippen LogP contribution in [0.5, 0.6) is 17.4 Å². The van der Waals surface area contributed by atoms with Crippen molar-refractivity contribution in [2.24, 2.45) is 0 Å². The largest absolute Gasteiger partial charge is 0.486 e. The zero-order valence-corrected chi connectivity index (χ0v) is 11.3. The molecule has 104 valence electrons. The Kier molecular flexibility index (Phi) is 3.58. The fourth-order valence-electron chi connectivity index (χ4n) is 2.15. The number of anilines is 1. The first-order valence-electron chi connectivity index (χ1n) is 6.49. The van der Waals surface area contributed by atoms with Crippen molar-refractivity contribution in [2.45, 2.75) is 6.54 Å². The number of fused-ring (bicyclic) bond motifs is 1. The highest BCUT2D eigenvalue weighted by Gasteiger charge is 2.15. The third kappa shape index (κ3) is 2.47. The van der Waals surface area contributed by atoms with E-state index in [1.807, 2.05) is 30.3 Å². The molecule has 1 aliphatic heterocycles. The summed E-state index contributed by atoms with van der Waals surface area (Å²) in [5.41, 5.74) is 1.90. The topological polar surface area (TPSA) is 52.6 Å². The summed E-state index contributed by atoms with van der Waals surface area (Å²) in [6.07, 6.45) is 1.70. The fraction of sp³-hybridized carbons (Fsp3) is 0.267. The van der Waals surface area contributed by atoms with Crippen molar-refractivity contribution in [3.05, 3.63) is 42.1 Å². The van der Waals surface area contributed by atoms with Crippen molar-refractivity contribution < 1.29 is 14.2 Å². The van der Waals surface area contributed by atoms with Gasteiger partial charge in [-0.1, -0.05) is 12.1 Å². The van der Waals surface area contributed by atoms with Crippen molar-refractivity contribution in [3.63, 3.8) is 0 Å². The van der Waals surface area contributed by atoms with Crippen molar-refractivity contribution in [3.8, 4) is 17.4 Å². The molecule has 0 aliphatic carbocycles. The molecule has 1 aromatic carbocycles. The molecule has 1 aromatic heterocycles. The van der Waals surface area contributed by atoms with E-state index in [0.29, 0.717) is 25.6 Å². The maximum absolute atomic E-state index is 5.69. The van der Waals surface area contributed by atoms with Gasteiger partial charge in [0.25, 0.3) is 0 Å².